The van der Waals surface area contributed by atoms with Gasteiger partial charge in [-0.2, -0.15) is 0 Å². The van der Waals surface area contributed by atoms with Crippen LogP contribution in [0.5, 0.6) is 0 Å². The lowest BCUT2D eigenvalue weighted by Crippen LogP contribution is -2.24. The number of nitrogens with zero attached hydrogens (tertiary/aromatic N) is 1. The van der Waals surface area contributed by atoms with Crippen molar-refractivity contribution in [2.24, 2.45) is 11.1 Å². The fourth-order valence-corrected chi connectivity index (χ4v) is 3.23. The van der Waals surface area contributed by atoms with E-state index < -0.39 is 14.9 Å². The Morgan fingerprint density at radius 2 is 2.10 bits per heavy atom. The Kier molecular flexibility index (Phi) is 3.96. The number of anilines is 1. The lowest BCUT2D eigenvalue weighted by atomic mass is 10.1. The molecule has 8 heteroatoms. The van der Waals surface area contributed by atoms with E-state index in [-0.39, 0.29) is 22.3 Å². The largest absolute Gasteiger partial charge is 0.381 e. The summed E-state index contributed by atoms with van der Waals surface area (Å²) in [6.07, 6.45) is 3.02. The van der Waals surface area contributed by atoms with Gasteiger partial charge < -0.3 is 5.32 Å². The summed E-state index contributed by atoms with van der Waals surface area (Å²) in [7, 11) is -3.92. The number of nitro benzene ring substituents is 1. The van der Waals surface area contributed by atoms with Crippen molar-refractivity contribution in [3.8, 4) is 0 Å². The van der Waals surface area contributed by atoms with Gasteiger partial charge in [0.05, 0.1) is 10.6 Å². The molecule has 7 nitrogen and oxygen atoms in total. The SMILES string of the molecule is C[C@@H]1CCC[C@@H]1Nc1cc([N+](=O)[O-])ccc1S(N)(=O)=O. The Hall–Kier alpha value is -1.67. The highest BCUT2D eigenvalue weighted by atomic mass is 32.2. The molecule has 0 aromatic heterocycles. The third kappa shape index (κ3) is 3.07. The van der Waals surface area contributed by atoms with Crippen molar-refractivity contribution in [1.29, 1.82) is 0 Å². The van der Waals surface area contributed by atoms with E-state index >= 15 is 0 Å². The first kappa shape index (κ1) is 14.7. The molecule has 0 radical (unpaired) electrons. The molecule has 0 unspecified atom stereocenters. The summed E-state index contributed by atoms with van der Waals surface area (Å²) in [6, 6.07) is 3.65. The monoisotopic (exact) mass is 299 g/mol. The highest BCUT2D eigenvalue weighted by Crippen LogP contribution is 2.32. The molecule has 1 aromatic rings. The smallest absolute Gasteiger partial charge is 0.271 e. The van der Waals surface area contributed by atoms with Gasteiger partial charge in [-0.05, 0) is 24.8 Å². The molecule has 2 rings (SSSR count). The molecule has 0 spiro atoms. The number of nitrogens with one attached hydrogen (secondary N) is 1. The molecule has 3 N–H and O–H groups in total. The predicted octanol–water partition coefficient (Wildman–Crippen LogP) is 1.84. The summed E-state index contributed by atoms with van der Waals surface area (Å²) in [5.41, 5.74) is 0.0472. The number of non-ortho nitro benzene ring substituents is 1. The number of hydrogen-bond donors (Lipinski definition) is 2. The van der Waals surface area contributed by atoms with Crippen molar-refractivity contribution in [2.75, 3.05) is 5.32 Å². The second-order valence-electron chi connectivity index (χ2n) is 5.14. The average Bonchev–Trinajstić information content (AvgIpc) is 2.73. The van der Waals surface area contributed by atoms with Gasteiger partial charge in [-0.15, -0.1) is 0 Å². The topological polar surface area (TPSA) is 115 Å². The number of primary sulfonamides is 1. The predicted molar refractivity (Wildman–Crippen MR) is 74.9 cm³/mol. The molecular formula is C12H17N3O4S. The Morgan fingerprint density at radius 1 is 1.40 bits per heavy atom. The first-order valence-corrected chi connectivity index (χ1v) is 7.91. The molecule has 1 saturated carbocycles. The van der Waals surface area contributed by atoms with Gasteiger partial charge in [0.1, 0.15) is 4.90 Å². The molecule has 1 fully saturated rings. The van der Waals surface area contributed by atoms with Crippen molar-refractivity contribution < 1.29 is 13.3 Å². The minimum atomic E-state index is -3.92. The highest BCUT2D eigenvalue weighted by Gasteiger charge is 2.26. The van der Waals surface area contributed by atoms with Crippen LogP contribution in [0.1, 0.15) is 26.2 Å². The van der Waals surface area contributed by atoms with Crippen LogP contribution >= 0.6 is 0 Å². The van der Waals surface area contributed by atoms with E-state index in [1.807, 2.05) is 0 Å². The molecular weight excluding hydrogens is 282 g/mol. The van der Waals surface area contributed by atoms with Gasteiger partial charge in [0, 0.05) is 18.2 Å². The van der Waals surface area contributed by atoms with E-state index in [1.165, 1.54) is 12.1 Å². The summed E-state index contributed by atoms with van der Waals surface area (Å²) in [5.74, 6) is 0.391. The molecule has 20 heavy (non-hydrogen) atoms. The zero-order chi connectivity index (χ0) is 14.9. The summed E-state index contributed by atoms with van der Waals surface area (Å²) in [5, 5.41) is 19.1. The van der Waals surface area contributed by atoms with Gasteiger partial charge in [0.25, 0.3) is 5.69 Å². The van der Waals surface area contributed by atoms with Crippen molar-refractivity contribution in [3.63, 3.8) is 0 Å². The number of nitro groups is 1. The summed E-state index contributed by atoms with van der Waals surface area (Å²) < 4.78 is 23.1. The van der Waals surface area contributed by atoms with Crippen molar-refractivity contribution in [1.82, 2.24) is 0 Å². The van der Waals surface area contributed by atoms with Crippen molar-refractivity contribution >= 4 is 21.4 Å². The Balaban J connectivity index is 2.41. The fourth-order valence-electron chi connectivity index (χ4n) is 2.55. The third-order valence-electron chi connectivity index (χ3n) is 3.68. The number of sulfonamides is 1. The van der Waals surface area contributed by atoms with E-state index in [4.69, 9.17) is 5.14 Å². The van der Waals surface area contributed by atoms with Gasteiger partial charge in [-0.3, -0.25) is 10.1 Å². The molecule has 1 aliphatic rings. The van der Waals surface area contributed by atoms with E-state index in [0.29, 0.717) is 5.92 Å². The standard InChI is InChI=1S/C12H17N3O4S/c1-8-3-2-4-10(8)14-11-7-9(15(16)17)5-6-12(11)20(13,18)19/h5-8,10,14H,2-4H2,1H3,(H2,13,18,19)/t8-,10+/m1/s1. The third-order valence-corrected chi connectivity index (χ3v) is 4.65. The van der Waals surface area contributed by atoms with Crippen LogP contribution in [-0.4, -0.2) is 19.4 Å². The first-order chi connectivity index (χ1) is 9.29. The summed E-state index contributed by atoms with van der Waals surface area (Å²) in [6.45, 7) is 2.07. The minimum absolute atomic E-state index is 0.109. The van der Waals surface area contributed by atoms with Crippen LogP contribution in [0.2, 0.25) is 0 Å². The Labute approximate surface area is 117 Å². The number of benzene rings is 1. The molecule has 2 atom stereocenters. The molecule has 1 aromatic carbocycles. The number of rotatable bonds is 4. The zero-order valence-electron chi connectivity index (χ0n) is 11.1. The van der Waals surface area contributed by atoms with Gasteiger partial charge in [0.15, 0.2) is 0 Å². The maximum Gasteiger partial charge on any atom is 0.271 e. The Morgan fingerprint density at radius 3 is 2.60 bits per heavy atom. The average molecular weight is 299 g/mol. The van der Waals surface area contributed by atoms with Crippen LogP contribution in [0.25, 0.3) is 0 Å². The van der Waals surface area contributed by atoms with E-state index in [0.717, 1.165) is 25.3 Å². The molecule has 0 bridgehead atoms. The van der Waals surface area contributed by atoms with Crippen LogP contribution in [0.15, 0.2) is 23.1 Å². The van der Waals surface area contributed by atoms with E-state index in [2.05, 4.69) is 12.2 Å². The quantitative estimate of drug-likeness (QED) is 0.650. The van der Waals surface area contributed by atoms with Crippen molar-refractivity contribution in [2.45, 2.75) is 37.1 Å². The normalized spacial score (nSPS) is 22.7. The lowest BCUT2D eigenvalue weighted by molar-refractivity contribution is -0.384. The molecule has 0 heterocycles. The fraction of sp³-hybridized carbons (Fsp3) is 0.500. The van der Waals surface area contributed by atoms with Crippen LogP contribution < -0.4 is 10.5 Å². The first-order valence-electron chi connectivity index (χ1n) is 6.37. The zero-order valence-corrected chi connectivity index (χ0v) is 11.9. The number of hydrogen-bond acceptors (Lipinski definition) is 5. The van der Waals surface area contributed by atoms with Crippen molar-refractivity contribution in [3.05, 3.63) is 28.3 Å². The lowest BCUT2D eigenvalue weighted by Gasteiger charge is -2.20. The van der Waals surface area contributed by atoms with Crippen LogP contribution in [0.3, 0.4) is 0 Å². The molecule has 0 saturated heterocycles. The molecule has 110 valence electrons. The van der Waals surface area contributed by atoms with E-state index in [1.54, 1.807) is 0 Å². The minimum Gasteiger partial charge on any atom is -0.381 e. The van der Waals surface area contributed by atoms with Gasteiger partial charge in [-0.25, -0.2) is 13.6 Å². The molecule has 1 aliphatic carbocycles. The van der Waals surface area contributed by atoms with Gasteiger partial charge >= 0.3 is 0 Å². The van der Waals surface area contributed by atoms with Crippen LogP contribution in [-0.2, 0) is 10.0 Å². The Bertz CT molecular complexity index is 630. The van der Waals surface area contributed by atoms with E-state index in [9.17, 15) is 18.5 Å². The van der Waals surface area contributed by atoms with Gasteiger partial charge in [-0.1, -0.05) is 13.3 Å². The second-order valence-corrected chi connectivity index (χ2v) is 6.67. The number of nitrogens with two attached hydrogens (primary N) is 1. The van der Waals surface area contributed by atoms with Gasteiger partial charge in [0.2, 0.25) is 10.0 Å². The molecule has 0 amide bonds. The maximum atomic E-state index is 11.6. The molecule has 0 aliphatic heterocycles. The second kappa shape index (κ2) is 5.37. The summed E-state index contributed by atoms with van der Waals surface area (Å²) >= 11 is 0. The summed E-state index contributed by atoms with van der Waals surface area (Å²) in [4.78, 5) is 10.1. The van der Waals surface area contributed by atoms with Crippen LogP contribution in [0.4, 0.5) is 11.4 Å². The highest BCUT2D eigenvalue weighted by molar-refractivity contribution is 7.89. The van der Waals surface area contributed by atoms with Crippen LogP contribution in [0, 0.1) is 16.0 Å². The maximum absolute atomic E-state index is 11.6.